The summed E-state index contributed by atoms with van der Waals surface area (Å²) in [6, 6.07) is 2.48. The number of carbonyl (C=O) groups is 1. The van der Waals surface area contributed by atoms with E-state index in [1.165, 1.54) is 30.6 Å². The van der Waals surface area contributed by atoms with E-state index in [-0.39, 0.29) is 54.2 Å². The van der Waals surface area contributed by atoms with E-state index in [1.54, 1.807) is 10.9 Å². The Morgan fingerprint density at radius 3 is 2.67 bits per heavy atom. The molecule has 1 heterocycles. The molecule has 0 bridgehead atoms. The minimum absolute atomic E-state index is 0. The first kappa shape index (κ1) is 24.9. The average molecular weight is 439 g/mol. The van der Waals surface area contributed by atoms with Crippen LogP contribution in [0.3, 0.4) is 0 Å². The number of hydrogen-bond donors (Lipinski definition) is 2. The van der Waals surface area contributed by atoms with Crippen molar-refractivity contribution in [3.8, 4) is 11.5 Å². The third-order valence-corrected chi connectivity index (χ3v) is 3.88. The molecule has 2 rings (SSSR count). The largest absolute Gasteiger partial charge is 0.493 e. The van der Waals surface area contributed by atoms with Crippen LogP contribution in [0.25, 0.3) is 0 Å². The number of nitrogens with two attached hydrogens (primary N) is 1. The number of methoxy groups -OCH3 is 1. The van der Waals surface area contributed by atoms with Gasteiger partial charge in [0.1, 0.15) is 12.2 Å². The van der Waals surface area contributed by atoms with Crippen LogP contribution in [0.2, 0.25) is 0 Å². The highest BCUT2D eigenvalue weighted by Gasteiger charge is 2.24. The van der Waals surface area contributed by atoms with E-state index in [1.807, 2.05) is 0 Å². The molecule has 0 unspecified atom stereocenters. The molecule has 9 nitrogen and oxygen atoms in total. The number of amides is 1. The van der Waals surface area contributed by atoms with E-state index in [4.69, 9.17) is 15.2 Å². The number of ether oxygens (including phenoxy) is 2. The van der Waals surface area contributed by atoms with Gasteiger partial charge in [-0.25, -0.2) is 4.98 Å². The molecule has 0 atom stereocenters. The Labute approximate surface area is 172 Å². The van der Waals surface area contributed by atoms with Gasteiger partial charge >= 0.3 is 0 Å². The molecule has 1 aromatic heterocycles. The van der Waals surface area contributed by atoms with E-state index in [0.717, 1.165) is 0 Å². The summed E-state index contributed by atoms with van der Waals surface area (Å²) in [4.78, 5) is 27.0. The number of rotatable bonds is 9. The van der Waals surface area contributed by atoms with Crippen molar-refractivity contribution in [1.29, 1.82) is 0 Å². The number of nitro groups is 1. The van der Waals surface area contributed by atoms with Crippen LogP contribution in [-0.2, 0) is 6.61 Å². The van der Waals surface area contributed by atoms with Crippen LogP contribution in [0.1, 0.15) is 22.5 Å². The van der Waals surface area contributed by atoms with Crippen LogP contribution in [0, 0.1) is 10.1 Å². The SMILES string of the molecule is COc1cc(C(=O)NCCCN)c([N+](=O)[O-])cc1OCc1cscn1.Cl.Cl. The first-order valence-electron chi connectivity index (χ1n) is 7.41. The highest BCUT2D eigenvalue weighted by molar-refractivity contribution is 7.07. The van der Waals surface area contributed by atoms with Gasteiger partial charge in [-0.3, -0.25) is 14.9 Å². The Morgan fingerprint density at radius 1 is 1.37 bits per heavy atom. The number of nitro benzene ring substituents is 1. The maximum atomic E-state index is 12.2. The molecule has 0 aliphatic carbocycles. The van der Waals surface area contributed by atoms with Crippen molar-refractivity contribution in [2.75, 3.05) is 20.2 Å². The lowest BCUT2D eigenvalue weighted by atomic mass is 10.1. The number of hydrogen-bond acceptors (Lipinski definition) is 8. The van der Waals surface area contributed by atoms with Gasteiger partial charge in [0, 0.05) is 18.0 Å². The topological polar surface area (TPSA) is 130 Å². The molecule has 0 aliphatic rings. The normalized spacial score (nSPS) is 9.56. The Balaban J connectivity index is 0.00000338. The first-order chi connectivity index (χ1) is 12.1. The summed E-state index contributed by atoms with van der Waals surface area (Å²) in [6.45, 7) is 0.880. The molecule has 0 saturated carbocycles. The zero-order valence-electron chi connectivity index (χ0n) is 14.4. The molecule has 0 radical (unpaired) electrons. The third-order valence-electron chi connectivity index (χ3n) is 3.25. The lowest BCUT2D eigenvalue weighted by Crippen LogP contribution is -2.26. The van der Waals surface area contributed by atoms with Crippen LogP contribution < -0.4 is 20.5 Å². The van der Waals surface area contributed by atoms with Crippen molar-refractivity contribution in [1.82, 2.24) is 10.3 Å². The fourth-order valence-corrected chi connectivity index (χ4v) is 2.56. The molecule has 0 aliphatic heterocycles. The summed E-state index contributed by atoms with van der Waals surface area (Å²) in [6.07, 6.45) is 0.575. The second kappa shape index (κ2) is 12.3. The highest BCUT2D eigenvalue weighted by Crippen LogP contribution is 2.35. The van der Waals surface area contributed by atoms with Gasteiger partial charge in [-0.1, -0.05) is 0 Å². The summed E-state index contributed by atoms with van der Waals surface area (Å²) in [5, 5.41) is 15.7. The first-order valence-corrected chi connectivity index (χ1v) is 8.35. The third kappa shape index (κ3) is 6.83. The van der Waals surface area contributed by atoms with Crippen molar-refractivity contribution in [3.05, 3.63) is 44.4 Å². The molecule has 3 N–H and O–H groups in total. The number of thiazole rings is 1. The van der Waals surface area contributed by atoms with E-state index in [0.29, 0.717) is 25.2 Å². The van der Waals surface area contributed by atoms with Crippen LogP contribution in [0.15, 0.2) is 23.0 Å². The molecule has 2 aromatic rings. The number of nitrogens with zero attached hydrogens (tertiary/aromatic N) is 2. The van der Waals surface area contributed by atoms with E-state index < -0.39 is 10.8 Å². The van der Waals surface area contributed by atoms with Crippen LogP contribution in [0.4, 0.5) is 5.69 Å². The minimum atomic E-state index is -0.632. The highest BCUT2D eigenvalue weighted by atomic mass is 35.5. The van der Waals surface area contributed by atoms with Gasteiger partial charge < -0.3 is 20.5 Å². The molecular weight excluding hydrogens is 419 g/mol. The van der Waals surface area contributed by atoms with Crippen molar-refractivity contribution in [3.63, 3.8) is 0 Å². The van der Waals surface area contributed by atoms with Gasteiger partial charge in [0.25, 0.3) is 11.6 Å². The quantitative estimate of drug-likeness (QED) is 0.349. The fourth-order valence-electron chi connectivity index (χ4n) is 2.01. The van der Waals surface area contributed by atoms with E-state index in [9.17, 15) is 14.9 Å². The summed E-state index contributed by atoms with van der Waals surface area (Å²) >= 11 is 1.42. The Bertz CT molecular complexity index is 746. The van der Waals surface area contributed by atoms with Gasteiger partial charge in [0.2, 0.25) is 0 Å². The molecular formula is C15H20Cl2N4O5S. The van der Waals surface area contributed by atoms with Crippen LogP contribution >= 0.6 is 36.2 Å². The smallest absolute Gasteiger partial charge is 0.286 e. The summed E-state index contributed by atoms with van der Waals surface area (Å²) in [5.74, 6) is -0.171. The van der Waals surface area contributed by atoms with E-state index >= 15 is 0 Å². The van der Waals surface area contributed by atoms with Gasteiger partial charge in [0.15, 0.2) is 11.5 Å². The number of aromatic nitrogens is 1. The van der Waals surface area contributed by atoms with Gasteiger partial charge in [-0.05, 0) is 13.0 Å². The fraction of sp³-hybridized carbons (Fsp3) is 0.333. The number of benzene rings is 1. The molecule has 0 saturated heterocycles. The van der Waals surface area contributed by atoms with Gasteiger partial charge in [-0.2, -0.15) is 0 Å². The molecule has 0 spiro atoms. The molecule has 1 aromatic carbocycles. The average Bonchev–Trinajstić information content (AvgIpc) is 3.12. The van der Waals surface area contributed by atoms with E-state index in [2.05, 4.69) is 10.3 Å². The predicted molar refractivity (Wildman–Crippen MR) is 107 cm³/mol. The number of halogens is 2. The van der Waals surface area contributed by atoms with Gasteiger partial charge in [0.05, 0.1) is 29.3 Å². The van der Waals surface area contributed by atoms with Crippen LogP contribution in [-0.4, -0.2) is 36.0 Å². The number of nitrogens with one attached hydrogen (secondary N) is 1. The van der Waals surface area contributed by atoms with Crippen molar-refractivity contribution < 1.29 is 19.2 Å². The maximum Gasteiger partial charge on any atom is 0.286 e. The van der Waals surface area contributed by atoms with Crippen molar-refractivity contribution in [2.24, 2.45) is 5.73 Å². The Kier molecular flexibility index (Phi) is 11.3. The molecule has 1 amide bonds. The molecule has 0 fully saturated rings. The minimum Gasteiger partial charge on any atom is -0.493 e. The predicted octanol–water partition coefficient (Wildman–Crippen LogP) is 2.56. The summed E-state index contributed by atoms with van der Waals surface area (Å²) in [7, 11) is 1.40. The number of carbonyl (C=O) groups excluding carboxylic acids is 1. The van der Waals surface area contributed by atoms with Gasteiger partial charge in [-0.15, -0.1) is 36.2 Å². The Morgan fingerprint density at radius 2 is 2.11 bits per heavy atom. The molecule has 150 valence electrons. The second-order valence-corrected chi connectivity index (χ2v) is 5.66. The zero-order valence-corrected chi connectivity index (χ0v) is 16.8. The van der Waals surface area contributed by atoms with Crippen molar-refractivity contribution >= 4 is 47.7 Å². The lowest BCUT2D eigenvalue weighted by Gasteiger charge is -2.12. The molecule has 12 heteroatoms. The monoisotopic (exact) mass is 438 g/mol. The zero-order chi connectivity index (χ0) is 18.2. The Hall–Kier alpha value is -2.14. The van der Waals surface area contributed by atoms with Crippen LogP contribution in [0.5, 0.6) is 11.5 Å². The van der Waals surface area contributed by atoms with Crippen molar-refractivity contribution in [2.45, 2.75) is 13.0 Å². The molecule has 27 heavy (non-hydrogen) atoms. The summed E-state index contributed by atoms with van der Waals surface area (Å²) < 4.78 is 10.8. The lowest BCUT2D eigenvalue weighted by molar-refractivity contribution is -0.385. The summed E-state index contributed by atoms with van der Waals surface area (Å²) in [5.41, 5.74) is 7.26. The maximum absolute atomic E-state index is 12.2. The second-order valence-electron chi connectivity index (χ2n) is 4.94. The standard InChI is InChI=1S/C15H18N4O5S.2ClH/c1-23-13-5-11(15(20)17-4-2-3-16)12(19(21)22)6-14(13)24-7-10-8-25-9-18-10;;/h5-6,8-9H,2-4,7,16H2,1H3,(H,17,20);2*1H.